The van der Waals surface area contributed by atoms with Crippen LogP contribution in [0.3, 0.4) is 0 Å². The van der Waals surface area contributed by atoms with Gasteiger partial charge in [0.05, 0.1) is 16.9 Å². The minimum atomic E-state index is -4.33. The van der Waals surface area contributed by atoms with Gasteiger partial charge in [0.1, 0.15) is 0 Å². The second-order valence-corrected chi connectivity index (χ2v) is 4.09. The number of aromatic nitrogens is 2. The van der Waals surface area contributed by atoms with Crippen LogP contribution in [0.25, 0.3) is 5.69 Å². The Hall–Kier alpha value is -1.78. The molecule has 0 spiro atoms. The van der Waals surface area contributed by atoms with Gasteiger partial charge in [0.25, 0.3) is 0 Å². The van der Waals surface area contributed by atoms with E-state index in [1.165, 1.54) is 10.7 Å². The second-order valence-electron chi connectivity index (χ2n) is 4.09. The highest BCUT2D eigenvalue weighted by Gasteiger charge is 2.30. The van der Waals surface area contributed by atoms with E-state index in [4.69, 9.17) is 0 Å². The van der Waals surface area contributed by atoms with Crippen molar-refractivity contribution in [2.24, 2.45) is 0 Å². The summed E-state index contributed by atoms with van der Waals surface area (Å²) in [5, 5.41) is 4.27. The van der Waals surface area contributed by atoms with Crippen molar-refractivity contribution in [2.75, 3.05) is 0 Å². The first kappa shape index (κ1) is 12.7. The average Bonchev–Trinajstić information content (AvgIpc) is 2.70. The number of alkyl halides is 3. The molecule has 2 rings (SSSR count). The molecule has 0 radical (unpaired) electrons. The van der Waals surface area contributed by atoms with Gasteiger partial charge < -0.3 is 0 Å². The lowest BCUT2D eigenvalue weighted by Gasteiger charge is -2.09. The van der Waals surface area contributed by atoms with Crippen molar-refractivity contribution >= 4 is 0 Å². The Kier molecular flexibility index (Phi) is 3.15. The molecule has 2 nitrogen and oxygen atoms in total. The fourth-order valence-electron chi connectivity index (χ4n) is 1.79. The van der Waals surface area contributed by atoms with E-state index in [0.717, 1.165) is 29.9 Å². The number of rotatable bonds is 2. The minimum absolute atomic E-state index is 0.432. The fraction of sp³-hybridized carbons (Fsp3) is 0.308. The van der Waals surface area contributed by atoms with Crippen molar-refractivity contribution in [3.8, 4) is 5.69 Å². The Balaban J connectivity index is 2.47. The maximum absolute atomic E-state index is 12.6. The number of halogens is 3. The van der Waals surface area contributed by atoms with Crippen LogP contribution in [0, 0.1) is 6.92 Å². The number of benzene rings is 1. The van der Waals surface area contributed by atoms with Gasteiger partial charge in [0, 0.05) is 5.69 Å². The molecule has 1 aromatic carbocycles. The first-order valence-electron chi connectivity index (χ1n) is 5.65. The lowest BCUT2D eigenvalue weighted by molar-refractivity contribution is -0.137. The molecule has 0 aliphatic rings. The number of nitrogens with zero attached hydrogens (tertiary/aromatic N) is 2. The van der Waals surface area contributed by atoms with Gasteiger partial charge >= 0.3 is 6.18 Å². The van der Waals surface area contributed by atoms with Gasteiger partial charge in [-0.05, 0) is 37.6 Å². The van der Waals surface area contributed by atoms with Crippen LogP contribution < -0.4 is 0 Å². The Morgan fingerprint density at radius 1 is 1.22 bits per heavy atom. The van der Waals surface area contributed by atoms with Gasteiger partial charge in [-0.25, -0.2) is 4.68 Å². The van der Waals surface area contributed by atoms with Crippen molar-refractivity contribution < 1.29 is 13.2 Å². The Bertz CT molecular complexity index is 556. The fourth-order valence-corrected chi connectivity index (χ4v) is 1.79. The van der Waals surface area contributed by atoms with E-state index >= 15 is 0 Å². The third kappa shape index (κ3) is 2.39. The first-order valence-corrected chi connectivity index (χ1v) is 5.65. The predicted molar refractivity (Wildman–Crippen MR) is 62.7 cm³/mol. The third-order valence-corrected chi connectivity index (χ3v) is 2.72. The summed E-state index contributed by atoms with van der Waals surface area (Å²) < 4.78 is 39.4. The van der Waals surface area contributed by atoms with E-state index < -0.39 is 11.7 Å². The Labute approximate surface area is 103 Å². The van der Waals surface area contributed by atoms with E-state index in [1.54, 1.807) is 6.07 Å². The molecule has 0 N–H and O–H groups in total. The van der Waals surface area contributed by atoms with Gasteiger partial charge in [-0.3, -0.25) is 0 Å². The van der Waals surface area contributed by atoms with Crippen molar-refractivity contribution in [2.45, 2.75) is 26.4 Å². The topological polar surface area (TPSA) is 17.8 Å². The van der Waals surface area contributed by atoms with E-state index in [2.05, 4.69) is 5.10 Å². The smallest absolute Gasteiger partial charge is 0.238 e. The van der Waals surface area contributed by atoms with E-state index in [1.807, 2.05) is 19.9 Å². The SMILES string of the molecule is CCc1cc(C)n(-c2cccc(C(F)(F)F)c2)n1. The van der Waals surface area contributed by atoms with Crippen LogP contribution >= 0.6 is 0 Å². The van der Waals surface area contributed by atoms with Gasteiger partial charge in [0.15, 0.2) is 0 Å². The molecule has 0 unspecified atom stereocenters. The van der Waals surface area contributed by atoms with Crippen LogP contribution in [0.5, 0.6) is 0 Å². The summed E-state index contributed by atoms with van der Waals surface area (Å²) in [4.78, 5) is 0. The van der Waals surface area contributed by atoms with Crippen molar-refractivity contribution in [1.82, 2.24) is 9.78 Å². The third-order valence-electron chi connectivity index (χ3n) is 2.72. The van der Waals surface area contributed by atoms with E-state index in [-0.39, 0.29) is 0 Å². The molecule has 0 aliphatic heterocycles. The molecular weight excluding hydrogens is 241 g/mol. The molecule has 2 aromatic rings. The first-order chi connectivity index (χ1) is 8.41. The molecule has 1 aromatic heterocycles. The Morgan fingerprint density at radius 2 is 1.94 bits per heavy atom. The van der Waals surface area contributed by atoms with Crippen molar-refractivity contribution in [3.63, 3.8) is 0 Å². The molecule has 0 saturated carbocycles. The van der Waals surface area contributed by atoms with Crippen molar-refractivity contribution in [1.29, 1.82) is 0 Å². The lowest BCUT2D eigenvalue weighted by atomic mass is 10.2. The highest BCUT2D eigenvalue weighted by Crippen LogP contribution is 2.30. The maximum atomic E-state index is 12.6. The summed E-state index contributed by atoms with van der Waals surface area (Å²) in [6, 6.07) is 7.06. The molecule has 0 aliphatic carbocycles. The molecule has 18 heavy (non-hydrogen) atoms. The zero-order valence-electron chi connectivity index (χ0n) is 10.1. The summed E-state index contributed by atoms with van der Waals surface area (Å²) in [7, 11) is 0. The minimum Gasteiger partial charge on any atom is -0.238 e. The molecule has 0 atom stereocenters. The van der Waals surface area contributed by atoms with Gasteiger partial charge in [-0.2, -0.15) is 18.3 Å². The molecule has 5 heteroatoms. The summed E-state index contributed by atoms with van der Waals surface area (Å²) in [5.74, 6) is 0. The largest absolute Gasteiger partial charge is 0.416 e. The van der Waals surface area contributed by atoms with Crippen LogP contribution in [0.4, 0.5) is 13.2 Å². The average molecular weight is 254 g/mol. The van der Waals surface area contributed by atoms with Gasteiger partial charge in [-0.15, -0.1) is 0 Å². The Morgan fingerprint density at radius 3 is 2.50 bits per heavy atom. The number of hydrogen-bond donors (Lipinski definition) is 0. The summed E-state index contributed by atoms with van der Waals surface area (Å²) in [5.41, 5.74) is 1.46. The second kappa shape index (κ2) is 4.48. The molecule has 0 fully saturated rings. The maximum Gasteiger partial charge on any atom is 0.416 e. The van der Waals surface area contributed by atoms with Crippen LogP contribution in [0.1, 0.15) is 23.9 Å². The molecule has 0 bridgehead atoms. The van der Waals surface area contributed by atoms with Crippen molar-refractivity contribution in [3.05, 3.63) is 47.3 Å². The summed E-state index contributed by atoms with van der Waals surface area (Å²) >= 11 is 0. The van der Waals surface area contributed by atoms with Crippen LogP contribution in [0.2, 0.25) is 0 Å². The molecular formula is C13H13F3N2. The van der Waals surface area contributed by atoms with E-state index in [9.17, 15) is 13.2 Å². The highest BCUT2D eigenvalue weighted by molar-refractivity contribution is 5.38. The van der Waals surface area contributed by atoms with Crippen LogP contribution in [0.15, 0.2) is 30.3 Å². The zero-order valence-corrected chi connectivity index (χ0v) is 10.1. The van der Waals surface area contributed by atoms with Crippen LogP contribution in [-0.4, -0.2) is 9.78 Å². The molecule has 96 valence electrons. The standard InChI is InChI=1S/C13H13F3N2/c1-3-11-7-9(2)18(17-11)12-6-4-5-10(8-12)13(14,15)16/h4-8H,3H2,1-2H3. The van der Waals surface area contributed by atoms with Gasteiger partial charge in [-0.1, -0.05) is 13.0 Å². The number of aryl methyl sites for hydroxylation is 2. The van der Waals surface area contributed by atoms with E-state index in [0.29, 0.717) is 5.69 Å². The quantitative estimate of drug-likeness (QED) is 0.797. The lowest BCUT2D eigenvalue weighted by Crippen LogP contribution is -2.07. The zero-order chi connectivity index (χ0) is 13.3. The normalized spacial score (nSPS) is 11.8. The number of hydrogen-bond acceptors (Lipinski definition) is 1. The molecule has 0 saturated heterocycles. The van der Waals surface area contributed by atoms with Gasteiger partial charge in [0.2, 0.25) is 0 Å². The molecule has 0 amide bonds. The van der Waals surface area contributed by atoms with Crippen LogP contribution in [-0.2, 0) is 12.6 Å². The molecule has 1 heterocycles. The highest BCUT2D eigenvalue weighted by atomic mass is 19.4. The predicted octanol–water partition coefficient (Wildman–Crippen LogP) is 3.76. The monoisotopic (exact) mass is 254 g/mol. The summed E-state index contributed by atoms with van der Waals surface area (Å²) in [6.07, 6.45) is -3.57. The summed E-state index contributed by atoms with van der Waals surface area (Å²) in [6.45, 7) is 3.78.